The molecule has 0 spiro atoms. The maximum absolute atomic E-state index is 9.95. The summed E-state index contributed by atoms with van der Waals surface area (Å²) in [5, 5.41) is 13.4. The predicted octanol–water partition coefficient (Wildman–Crippen LogP) is 0.621. The van der Waals surface area contributed by atoms with Gasteiger partial charge in [-0.3, -0.25) is 0 Å². The van der Waals surface area contributed by atoms with Crippen LogP contribution in [0.15, 0.2) is 0 Å². The molecule has 0 aliphatic carbocycles. The van der Waals surface area contributed by atoms with Gasteiger partial charge in [0.2, 0.25) is 0 Å². The van der Waals surface area contributed by atoms with Crippen molar-refractivity contribution in [2.75, 3.05) is 52.9 Å². The first-order valence-corrected chi connectivity index (χ1v) is 7.45. The summed E-state index contributed by atoms with van der Waals surface area (Å²) in [5.41, 5.74) is 0. The van der Waals surface area contributed by atoms with Gasteiger partial charge >= 0.3 is 0 Å². The van der Waals surface area contributed by atoms with Gasteiger partial charge in [0, 0.05) is 19.6 Å². The lowest BCUT2D eigenvalue weighted by molar-refractivity contribution is 0.113. The molecule has 4 heteroatoms. The van der Waals surface area contributed by atoms with Crippen LogP contribution in [-0.4, -0.2) is 73.9 Å². The zero-order valence-corrected chi connectivity index (χ0v) is 12.4. The van der Waals surface area contributed by atoms with Crippen LogP contribution < -0.4 is 5.32 Å². The van der Waals surface area contributed by atoms with E-state index in [0.29, 0.717) is 0 Å². The number of hydrogen-bond acceptors (Lipinski definition) is 4. The van der Waals surface area contributed by atoms with Gasteiger partial charge in [0.15, 0.2) is 0 Å². The van der Waals surface area contributed by atoms with Crippen molar-refractivity contribution in [1.29, 1.82) is 0 Å². The highest BCUT2D eigenvalue weighted by molar-refractivity contribution is 4.73. The van der Waals surface area contributed by atoms with Gasteiger partial charge in [-0.25, -0.2) is 0 Å². The standard InChI is InChI=1S/C14H31N3O/c1-4-17(5-2)12-14(18)10-15-9-13-7-6-8-16(3)11-13/h13-15,18H,4-12H2,1-3H3. The summed E-state index contributed by atoms with van der Waals surface area (Å²) < 4.78 is 0. The summed E-state index contributed by atoms with van der Waals surface area (Å²) in [7, 11) is 2.20. The van der Waals surface area contributed by atoms with E-state index >= 15 is 0 Å². The smallest absolute Gasteiger partial charge is 0.0791 e. The molecule has 18 heavy (non-hydrogen) atoms. The summed E-state index contributed by atoms with van der Waals surface area (Å²) in [6, 6.07) is 0. The molecule has 0 aromatic heterocycles. The SMILES string of the molecule is CCN(CC)CC(O)CNCC1CCCN(C)C1. The van der Waals surface area contributed by atoms with Crippen molar-refractivity contribution in [1.82, 2.24) is 15.1 Å². The second-order valence-electron chi connectivity index (χ2n) is 5.57. The molecule has 1 saturated heterocycles. The third-order valence-corrected chi connectivity index (χ3v) is 3.90. The predicted molar refractivity (Wildman–Crippen MR) is 76.9 cm³/mol. The number of nitrogens with one attached hydrogen (secondary N) is 1. The lowest BCUT2D eigenvalue weighted by Gasteiger charge is -2.30. The molecule has 2 atom stereocenters. The number of aliphatic hydroxyl groups excluding tert-OH is 1. The van der Waals surface area contributed by atoms with Crippen LogP contribution in [0.2, 0.25) is 0 Å². The van der Waals surface area contributed by atoms with Gasteiger partial charge in [-0.1, -0.05) is 13.8 Å². The van der Waals surface area contributed by atoms with Gasteiger partial charge in [-0.2, -0.15) is 0 Å². The summed E-state index contributed by atoms with van der Waals surface area (Å²) in [4.78, 5) is 4.67. The highest BCUT2D eigenvalue weighted by atomic mass is 16.3. The van der Waals surface area contributed by atoms with Crippen LogP contribution >= 0.6 is 0 Å². The van der Waals surface area contributed by atoms with Crippen molar-refractivity contribution in [3.63, 3.8) is 0 Å². The van der Waals surface area contributed by atoms with E-state index in [9.17, 15) is 5.11 Å². The molecule has 1 aliphatic rings. The summed E-state index contributed by atoms with van der Waals surface area (Å²) in [6.07, 6.45) is 2.39. The molecule has 108 valence electrons. The van der Waals surface area contributed by atoms with Crippen LogP contribution in [0.25, 0.3) is 0 Å². The maximum Gasteiger partial charge on any atom is 0.0791 e. The Balaban J connectivity index is 2.09. The number of likely N-dealkylation sites (tertiary alicyclic amines) is 1. The van der Waals surface area contributed by atoms with Gasteiger partial charge in [-0.05, 0) is 52.0 Å². The Labute approximate surface area is 112 Å². The molecule has 1 fully saturated rings. The van der Waals surface area contributed by atoms with Crippen LogP contribution in [-0.2, 0) is 0 Å². The van der Waals surface area contributed by atoms with Crippen molar-refractivity contribution in [3.05, 3.63) is 0 Å². The minimum absolute atomic E-state index is 0.244. The summed E-state index contributed by atoms with van der Waals surface area (Å²) >= 11 is 0. The Morgan fingerprint density at radius 3 is 2.72 bits per heavy atom. The van der Waals surface area contributed by atoms with E-state index < -0.39 is 0 Å². The van der Waals surface area contributed by atoms with E-state index in [1.807, 2.05) is 0 Å². The van der Waals surface area contributed by atoms with E-state index in [-0.39, 0.29) is 6.10 Å². The molecule has 0 aromatic rings. The van der Waals surface area contributed by atoms with Crippen LogP contribution in [0.1, 0.15) is 26.7 Å². The molecule has 0 radical (unpaired) electrons. The highest BCUT2D eigenvalue weighted by Crippen LogP contribution is 2.13. The fourth-order valence-electron chi connectivity index (χ4n) is 2.74. The average molecular weight is 257 g/mol. The molecule has 0 aromatic carbocycles. The van der Waals surface area contributed by atoms with E-state index in [0.717, 1.165) is 38.6 Å². The Morgan fingerprint density at radius 1 is 1.39 bits per heavy atom. The molecule has 4 nitrogen and oxygen atoms in total. The average Bonchev–Trinajstić information content (AvgIpc) is 2.36. The van der Waals surface area contributed by atoms with E-state index in [1.165, 1.54) is 25.9 Å². The second-order valence-corrected chi connectivity index (χ2v) is 5.57. The highest BCUT2D eigenvalue weighted by Gasteiger charge is 2.17. The molecule has 0 amide bonds. The van der Waals surface area contributed by atoms with Crippen LogP contribution in [0.4, 0.5) is 0 Å². The molecule has 1 rings (SSSR count). The largest absolute Gasteiger partial charge is 0.390 e. The van der Waals surface area contributed by atoms with Crippen molar-refractivity contribution in [2.24, 2.45) is 5.92 Å². The first-order valence-electron chi connectivity index (χ1n) is 7.45. The number of likely N-dealkylation sites (N-methyl/N-ethyl adjacent to an activating group) is 1. The topological polar surface area (TPSA) is 38.7 Å². The minimum atomic E-state index is -0.244. The molecular formula is C14H31N3O. The quantitative estimate of drug-likeness (QED) is 0.669. The summed E-state index contributed by atoms with van der Waals surface area (Å²) in [6.45, 7) is 11.3. The fourth-order valence-corrected chi connectivity index (χ4v) is 2.74. The molecule has 2 N–H and O–H groups in total. The molecule has 1 aliphatic heterocycles. The van der Waals surface area contributed by atoms with Crippen molar-refractivity contribution in [3.8, 4) is 0 Å². The molecule has 0 saturated carbocycles. The van der Waals surface area contributed by atoms with E-state index in [1.54, 1.807) is 0 Å². The van der Waals surface area contributed by atoms with Gasteiger partial charge in [0.1, 0.15) is 0 Å². The van der Waals surface area contributed by atoms with Gasteiger partial charge < -0.3 is 20.2 Å². The molecule has 2 unspecified atom stereocenters. The Kier molecular flexibility index (Phi) is 7.82. The Bertz CT molecular complexity index is 209. The fraction of sp³-hybridized carbons (Fsp3) is 1.00. The first-order chi connectivity index (χ1) is 8.65. The zero-order chi connectivity index (χ0) is 13.4. The minimum Gasteiger partial charge on any atom is -0.390 e. The zero-order valence-electron chi connectivity index (χ0n) is 12.4. The Morgan fingerprint density at radius 2 is 2.11 bits per heavy atom. The van der Waals surface area contributed by atoms with Crippen molar-refractivity contribution < 1.29 is 5.11 Å². The van der Waals surface area contributed by atoms with Crippen LogP contribution in [0.5, 0.6) is 0 Å². The maximum atomic E-state index is 9.95. The summed E-state index contributed by atoms with van der Waals surface area (Å²) in [5.74, 6) is 0.754. The number of hydrogen-bond donors (Lipinski definition) is 2. The Hall–Kier alpha value is -0.160. The van der Waals surface area contributed by atoms with Gasteiger partial charge in [-0.15, -0.1) is 0 Å². The number of nitrogens with zero attached hydrogens (tertiary/aromatic N) is 2. The van der Waals surface area contributed by atoms with Crippen LogP contribution in [0, 0.1) is 5.92 Å². The second kappa shape index (κ2) is 8.86. The normalized spacial score (nSPS) is 23.5. The van der Waals surface area contributed by atoms with Crippen molar-refractivity contribution in [2.45, 2.75) is 32.8 Å². The molecule has 1 heterocycles. The van der Waals surface area contributed by atoms with Crippen LogP contribution in [0.3, 0.4) is 0 Å². The number of rotatable bonds is 8. The van der Waals surface area contributed by atoms with Gasteiger partial charge in [0.05, 0.1) is 6.10 Å². The number of piperidine rings is 1. The van der Waals surface area contributed by atoms with Gasteiger partial charge in [0.25, 0.3) is 0 Å². The van der Waals surface area contributed by atoms with E-state index in [4.69, 9.17) is 0 Å². The van der Waals surface area contributed by atoms with E-state index in [2.05, 4.69) is 36.0 Å². The first kappa shape index (κ1) is 15.9. The molecular weight excluding hydrogens is 226 g/mol. The third-order valence-electron chi connectivity index (χ3n) is 3.90. The third kappa shape index (κ3) is 6.14. The number of aliphatic hydroxyl groups is 1. The van der Waals surface area contributed by atoms with Crippen molar-refractivity contribution >= 4 is 0 Å². The lowest BCUT2D eigenvalue weighted by atomic mass is 9.98. The molecule has 0 bridgehead atoms. The lowest BCUT2D eigenvalue weighted by Crippen LogP contribution is -2.42. The monoisotopic (exact) mass is 257 g/mol.